The average Bonchev–Trinajstić information content (AvgIpc) is 3.21. The number of hydrogen-bond acceptors (Lipinski definition) is 5. The molecule has 186 valence electrons. The van der Waals surface area contributed by atoms with Crippen LogP contribution >= 0.6 is 0 Å². The number of ether oxygens (including phenoxy) is 3. The van der Waals surface area contributed by atoms with Crippen molar-refractivity contribution < 1.29 is 24.1 Å². The first-order valence-electron chi connectivity index (χ1n) is 12.6. The minimum Gasteiger partial charge on any atom is -0.448 e. The third-order valence-electron chi connectivity index (χ3n) is 7.90. The summed E-state index contributed by atoms with van der Waals surface area (Å²) in [5.41, 5.74) is 5.72. The Morgan fingerprint density at radius 3 is 2.11 bits per heavy atom. The van der Waals surface area contributed by atoms with Gasteiger partial charge in [-0.3, -0.25) is 4.90 Å². The topological polar surface area (TPSA) is 68.2 Å². The van der Waals surface area contributed by atoms with Gasteiger partial charge in [-0.15, -0.1) is 0 Å². The zero-order chi connectivity index (χ0) is 24.7. The molecule has 3 aromatic carbocycles. The highest BCUT2D eigenvalue weighted by atomic mass is 16.6. The molecule has 2 atom stereocenters. The molecular weight excluding hydrogens is 454 g/mol. The van der Waals surface area contributed by atoms with Gasteiger partial charge in [0, 0.05) is 25.9 Å². The lowest BCUT2D eigenvalue weighted by Crippen LogP contribution is -2.62. The first kappa shape index (κ1) is 23.2. The van der Waals surface area contributed by atoms with Crippen molar-refractivity contribution in [1.82, 2.24) is 4.90 Å². The summed E-state index contributed by atoms with van der Waals surface area (Å²) in [5, 5.41) is 11.6. The Morgan fingerprint density at radius 2 is 1.53 bits per heavy atom. The zero-order valence-corrected chi connectivity index (χ0v) is 20.4. The molecule has 0 aromatic heterocycles. The van der Waals surface area contributed by atoms with Gasteiger partial charge >= 0.3 is 6.09 Å². The number of amides is 1. The molecule has 2 fully saturated rings. The van der Waals surface area contributed by atoms with Crippen molar-refractivity contribution in [2.45, 2.75) is 43.1 Å². The van der Waals surface area contributed by atoms with Gasteiger partial charge in [0.1, 0.15) is 6.61 Å². The van der Waals surface area contributed by atoms with Gasteiger partial charge in [-0.1, -0.05) is 72.8 Å². The summed E-state index contributed by atoms with van der Waals surface area (Å²) in [6.45, 7) is 1.61. The minimum atomic E-state index is -1.01. The molecule has 6 nitrogen and oxygen atoms in total. The Hall–Kier alpha value is -3.19. The van der Waals surface area contributed by atoms with E-state index in [9.17, 15) is 9.90 Å². The molecule has 36 heavy (non-hydrogen) atoms. The Bertz CT molecular complexity index is 1200. The average molecular weight is 486 g/mol. The summed E-state index contributed by atoms with van der Waals surface area (Å²) in [5.74, 6) is 0.0183. The highest BCUT2D eigenvalue weighted by molar-refractivity contribution is 5.79. The van der Waals surface area contributed by atoms with E-state index in [2.05, 4.69) is 24.3 Å². The molecule has 2 unspecified atom stereocenters. The molecule has 2 aliphatic heterocycles. The summed E-state index contributed by atoms with van der Waals surface area (Å²) in [6.07, 6.45) is 0.502. The minimum absolute atomic E-state index is 0.0183. The predicted octanol–water partition coefficient (Wildman–Crippen LogP) is 4.83. The molecule has 6 rings (SSSR count). The molecule has 0 spiro atoms. The van der Waals surface area contributed by atoms with Crippen LogP contribution in [0.3, 0.4) is 0 Å². The lowest BCUT2D eigenvalue weighted by atomic mass is 9.77. The fourth-order valence-electron chi connectivity index (χ4n) is 6.26. The van der Waals surface area contributed by atoms with Gasteiger partial charge < -0.3 is 19.3 Å². The largest absolute Gasteiger partial charge is 0.448 e. The SMILES string of the molecule is COCc1ccc(C2(O)CC3COCC(C2)N3C(=O)OCC2c3ccccc3-c3ccccc32)cc1. The van der Waals surface area contributed by atoms with Crippen molar-refractivity contribution in [3.63, 3.8) is 0 Å². The lowest BCUT2D eigenvalue weighted by Gasteiger charge is -2.51. The van der Waals surface area contributed by atoms with Crippen molar-refractivity contribution in [2.24, 2.45) is 0 Å². The normalized spacial score (nSPS) is 24.8. The number of methoxy groups -OCH3 is 1. The number of aliphatic hydroxyl groups is 1. The maximum atomic E-state index is 13.4. The van der Waals surface area contributed by atoms with Crippen LogP contribution in [0.2, 0.25) is 0 Å². The number of nitrogens with zero attached hydrogens (tertiary/aromatic N) is 1. The van der Waals surface area contributed by atoms with E-state index in [0.717, 1.165) is 11.1 Å². The van der Waals surface area contributed by atoms with Gasteiger partial charge in [0.2, 0.25) is 0 Å². The van der Waals surface area contributed by atoms with E-state index < -0.39 is 5.60 Å². The van der Waals surface area contributed by atoms with Gasteiger partial charge in [-0.25, -0.2) is 4.79 Å². The highest BCUT2D eigenvalue weighted by Crippen LogP contribution is 2.45. The van der Waals surface area contributed by atoms with Crippen LogP contribution in [0.4, 0.5) is 4.79 Å². The van der Waals surface area contributed by atoms with Crippen molar-refractivity contribution >= 4 is 6.09 Å². The van der Waals surface area contributed by atoms with E-state index >= 15 is 0 Å². The number of carbonyl (C=O) groups excluding carboxylic acids is 1. The van der Waals surface area contributed by atoms with Crippen LogP contribution in [0.25, 0.3) is 11.1 Å². The number of carbonyl (C=O) groups is 1. The monoisotopic (exact) mass is 485 g/mol. The van der Waals surface area contributed by atoms with Crippen molar-refractivity contribution in [3.05, 3.63) is 95.1 Å². The summed E-state index contributed by atoms with van der Waals surface area (Å²) in [4.78, 5) is 15.2. The maximum absolute atomic E-state index is 13.4. The summed E-state index contributed by atoms with van der Waals surface area (Å²) in [7, 11) is 1.67. The second-order valence-corrected chi connectivity index (χ2v) is 10.1. The lowest BCUT2D eigenvalue weighted by molar-refractivity contribution is -0.136. The number of benzene rings is 3. The predicted molar refractivity (Wildman–Crippen MR) is 136 cm³/mol. The third-order valence-corrected chi connectivity index (χ3v) is 7.90. The van der Waals surface area contributed by atoms with Crippen LogP contribution in [0, 0.1) is 0 Å². The first-order chi connectivity index (χ1) is 17.6. The second kappa shape index (κ2) is 9.36. The molecule has 6 heteroatoms. The Morgan fingerprint density at radius 1 is 0.944 bits per heavy atom. The second-order valence-electron chi connectivity index (χ2n) is 10.1. The first-order valence-corrected chi connectivity index (χ1v) is 12.6. The summed E-state index contributed by atoms with van der Waals surface area (Å²) >= 11 is 0. The summed E-state index contributed by atoms with van der Waals surface area (Å²) in [6, 6.07) is 24.1. The van der Waals surface area contributed by atoms with E-state index in [4.69, 9.17) is 14.2 Å². The smallest absolute Gasteiger partial charge is 0.410 e. The molecule has 2 saturated heterocycles. The van der Waals surface area contributed by atoms with Crippen molar-refractivity contribution in [2.75, 3.05) is 26.9 Å². The third kappa shape index (κ3) is 3.99. The van der Waals surface area contributed by atoms with Gasteiger partial charge in [-0.05, 0) is 33.4 Å². The fraction of sp³-hybridized carbons (Fsp3) is 0.367. The summed E-state index contributed by atoms with van der Waals surface area (Å²) < 4.78 is 17.0. The van der Waals surface area contributed by atoms with Crippen molar-refractivity contribution in [1.29, 1.82) is 0 Å². The number of morpholine rings is 1. The van der Waals surface area contributed by atoms with Gasteiger partial charge in [0.05, 0.1) is 37.5 Å². The number of hydrogen-bond donors (Lipinski definition) is 1. The fourth-order valence-corrected chi connectivity index (χ4v) is 6.26. The molecule has 2 heterocycles. The molecule has 0 saturated carbocycles. The standard InChI is InChI=1S/C30H31NO5/c1-34-16-20-10-12-21(13-11-20)30(33)14-22-17-35-18-23(15-30)31(22)29(32)36-19-28-26-8-4-2-6-24(26)25-7-3-5-9-27(25)28/h2-13,22-23,28,33H,14-19H2,1H3. The number of piperidine rings is 1. The molecule has 1 aliphatic carbocycles. The van der Waals surface area contributed by atoms with Crippen LogP contribution in [-0.4, -0.2) is 55.1 Å². The van der Waals surface area contributed by atoms with E-state index in [-0.39, 0.29) is 30.7 Å². The molecule has 0 radical (unpaired) electrons. The van der Waals surface area contributed by atoms with Gasteiger partial charge in [-0.2, -0.15) is 0 Å². The highest BCUT2D eigenvalue weighted by Gasteiger charge is 2.49. The quantitative estimate of drug-likeness (QED) is 0.561. The van der Waals surface area contributed by atoms with Crippen molar-refractivity contribution in [3.8, 4) is 11.1 Å². The van der Waals surface area contributed by atoms with E-state index in [1.807, 2.05) is 53.4 Å². The zero-order valence-electron chi connectivity index (χ0n) is 20.4. The Balaban J connectivity index is 1.18. The molecule has 3 aromatic rings. The van der Waals surface area contributed by atoms with Crippen LogP contribution in [0.1, 0.15) is 41.0 Å². The van der Waals surface area contributed by atoms with E-state index in [1.54, 1.807) is 7.11 Å². The molecule has 1 amide bonds. The van der Waals surface area contributed by atoms with Crippen LogP contribution < -0.4 is 0 Å². The Kier molecular flexibility index (Phi) is 6.04. The number of rotatable bonds is 5. The van der Waals surface area contributed by atoms with Crippen LogP contribution in [0.5, 0.6) is 0 Å². The molecule has 1 N–H and O–H groups in total. The molecular formula is C30H31NO5. The van der Waals surface area contributed by atoms with Gasteiger partial charge in [0.15, 0.2) is 0 Å². The van der Waals surface area contributed by atoms with Crippen LogP contribution in [-0.2, 0) is 26.4 Å². The molecule has 3 aliphatic rings. The molecule has 2 bridgehead atoms. The van der Waals surface area contributed by atoms with E-state index in [1.165, 1.54) is 22.3 Å². The van der Waals surface area contributed by atoms with Gasteiger partial charge in [0.25, 0.3) is 0 Å². The number of fused-ring (bicyclic) bond motifs is 5. The Labute approximate surface area is 211 Å². The maximum Gasteiger partial charge on any atom is 0.410 e. The van der Waals surface area contributed by atoms with Crippen LogP contribution in [0.15, 0.2) is 72.8 Å². The van der Waals surface area contributed by atoms with E-state index in [0.29, 0.717) is 32.7 Å².